The number of carbonyl (C=O) groups is 1. The third-order valence-corrected chi connectivity index (χ3v) is 4.39. The topological polar surface area (TPSA) is 41.6 Å². The number of rotatable bonds is 4. The highest BCUT2D eigenvalue weighted by molar-refractivity contribution is 5.99. The van der Waals surface area contributed by atoms with E-state index in [0.29, 0.717) is 12.6 Å². The van der Waals surface area contributed by atoms with Crippen LogP contribution in [0.3, 0.4) is 0 Å². The molecule has 1 N–H and O–H groups in total. The van der Waals surface area contributed by atoms with Gasteiger partial charge < -0.3 is 15.0 Å². The Hall–Kier alpha value is -1.81. The Morgan fingerprint density at radius 1 is 1.32 bits per heavy atom. The molecule has 2 heterocycles. The van der Waals surface area contributed by atoms with Crippen LogP contribution in [-0.2, 0) is 4.79 Å². The lowest BCUT2D eigenvalue weighted by molar-refractivity contribution is -0.118. The number of para-hydroxylation sites is 1. The second-order valence-corrected chi connectivity index (χ2v) is 6.09. The van der Waals surface area contributed by atoms with Crippen LogP contribution in [0.25, 0.3) is 6.08 Å². The predicted molar refractivity (Wildman–Crippen MR) is 87.8 cm³/mol. The maximum Gasteiger partial charge on any atom is 0.250 e. The first-order valence-corrected chi connectivity index (χ1v) is 8.22. The third-order valence-electron chi connectivity index (χ3n) is 4.39. The fraction of sp³-hybridized carbons (Fsp3) is 0.500. The molecule has 1 saturated heterocycles. The second kappa shape index (κ2) is 6.97. The van der Waals surface area contributed by atoms with Gasteiger partial charge in [-0.1, -0.05) is 25.1 Å². The Morgan fingerprint density at radius 2 is 2.09 bits per heavy atom. The Bertz CT molecular complexity index is 560. The van der Waals surface area contributed by atoms with E-state index in [0.717, 1.165) is 49.4 Å². The quantitative estimate of drug-likeness (QED) is 0.928. The van der Waals surface area contributed by atoms with Crippen molar-refractivity contribution in [3.05, 3.63) is 35.4 Å². The van der Waals surface area contributed by atoms with E-state index < -0.39 is 0 Å². The van der Waals surface area contributed by atoms with Gasteiger partial charge >= 0.3 is 0 Å². The van der Waals surface area contributed by atoms with Crippen molar-refractivity contribution in [1.29, 1.82) is 0 Å². The van der Waals surface area contributed by atoms with E-state index in [1.54, 1.807) is 0 Å². The minimum atomic E-state index is 0.0171. The second-order valence-electron chi connectivity index (χ2n) is 6.09. The molecule has 2 aliphatic rings. The van der Waals surface area contributed by atoms with Gasteiger partial charge in [0.2, 0.25) is 0 Å². The van der Waals surface area contributed by atoms with Crippen molar-refractivity contribution in [3.8, 4) is 5.75 Å². The zero-order chi connectivity index (χ0) is 15.4. The number of hydrogen-bond donors (Lipinski definition) is 1. The minimum Gasteiger partial charge on any atom is -0.488 e. The van der Waals surface area contributed by atoms with E-state index in [1.165, 1.54) is 6.42 Å². The molecule has 1 aromatic carbocycles. The highest BCUT2D eigenvalue weighted by Gasteiger charge is 2.23. The number of piperidine rings is 1. The molecule has 0 atom stereocenters. The standard InChI is InChI=1S/C18H24N2O2/c1-2-9-20-10-7-16(8-11-20)19-18(21)15-12-14-5-3-4-6-17(14)22-13-15/h3-6,12,16H,2,7-11,13H2,1H3,(H,19,21). The van der Waals surface area contributed by atoms with Crippen LogP contribution in [-0.4, -0.2) is 43.1 Å². The number of ether oxygens (including phenoxy) is 1. The highest BCUT2D eigenvalue weighted by Crippen LogP contribution is 2.25. The van der Waals surface area contributed by atoms with Crippen molar-refractivity contribution >= 4 is 12.0 Å². The van der Waals surface area contributed by atoms with Crippen LogP contribution in [0.15, 0.2) is 29.8 Å². The van der Waals surface area contributed by atoms with Gasteiger partial charge in [-0.2, -0.15) is 0 Å². The van der Waals surface area contributed by atoms with E-state index in [1.807, 2.05) is 30.3 Å². The van der Waals surface area contributed by atoms with Gasteiger partial charge in [0.15, 0.2) is 0 Å². The summed E-state index contributed by atoms with van der Waals surface area (Å²) in [5.74, 6) is 0.871. The van der Waals surface area contributed by atoms with Crippen LogP contribution >= 0.6 is 0 Å². The molecule has 0 radical (unpaired) electrons. The van der Waals surface area contributed by atoms with Gasteiger partial charge in [-0.15, -0.1) is 0 Å². The lowest BCUT2D eigenvalue weighted by Gasteiger charge is -2.32. The van der Waals surface area contributed by atoms with Crippen LogP contribution in [0.2, 0.25) is 0 Å². The van der Waals surface area contributed by atoms with E-state index in [2.05, 4.69) is 17.1 Å². The molecule has 4 heteroatoms. The van der Waals surface area contributed by atoms with Crippen molar-refractivity contribution in [2.24, 2.45) is 0 Å². The zero-order valence-electron chi connectivity index (χ0n) is 13.2. The number of carbonyl (C=O) groups excluding carboxylic acids is 1. The lowest BCUT2D eigenvalue weighted by atomic mass is 10.0. The van der Waals surface area contributed by atoms with Gasteiger partial charge in [0.1, 0.15) is 12.4 Å². The van der Waals surface area contributed by atoms with Crippen molar-refractivity contribution in [3.63, 3.8) is 0 Å². The molecule has 118 valence electrons. The summed E-state index contributed by atoms with van der Waals surface area (Å²) in [7, 11) is 0. The molecule has 2 aliphatic heterocycles. The molecule has 0 saturated carbocycles. The summed E-state index contributed by atoms with van der Waals surface area (Å²) < 4.78 is 5.66. The number of likely N-dealkylation sites (tertiary alicyclic amines) is 1. The maximum atomic E-state index is 12.4. The molecular weight excluding hydrogens is 276 g/mol. The van der Waals surface area contributed by atoms with Gasteiger partial charge in [0, 0.05) is 24.7 Å². The van der Waals surface area contributed by atoms with Gasteiger partial charge in [0.25, 0.3) is 5.91 Å². The smallest absolute Gasteiger partial charge is 0.250 e. The molecule has 22 heavy (non-hydrogen) atoms. The first-order chi connectivity index (χ1) is 10.8. The molecule has 0 bridgehead atoms. The van der Waals surface area contributed by atoms with Crippen molar-refractivity contribution in [2.75, 3.05) is 26.2 Å². The maximum absolute atomic E-state index is 12.4. The molecule has 0 unspecified atom stereocenters. The number of fused-ring (bicyclic) bond motifs is 1. The molecule has 0 aliphatic carbocycles. The van der Waals surface area contributed by atoms with Gasteiger partial charge in [-0.25, -0.2) is 0 Å². The minimum absolute atomic E-state index is 0.0171. The van der Waals surface area contributed by atoms with Crippen LogP contribution in [0, 0.1) is 0 Å². The molecule has 1 fully saturated rings. The van der Waals surface area contributed by atoms with Gasteiger partial charge in [-0.05, 0) is 37.9 Å². The highest BCUT2D eigenvalue weighted by atomic mass is 16.5. The monoisotopic (exact) mass is 300 g/mol. The molecule has 0 spiro atoms. The average molecular weight is 300 g/mol. The number of hydrogen-bond acceptors (Lipinski definition) is 3. The number of amides is 1. The lowest BCUT2D eigenvalue weighted by Crippen LogP contribution is -2.45. The molecule has 3 rings (SSSR count). The van der Waals surface area contributed by atoms with Gasteiger partial charge in [0.05, 0.1) is 5.57 Å². The summed E-state index contributed by atoms with van der Waals surface area (Å²) >= 11 is 0. The largest absolute Gasteiger partial charge is 0.488 e. The fourth-order valence-electron chi connectivity index (χ4n) is 3.14. The van der Waals surface area contributed by atoms with E-state index in [-0.39, 0.29) is 5.91 Å². The number of nitrogens with one attached hydrogen (secondary N) is 1. The predicted octanol–water partition coefficient (Wildman–Crippen LogP) is 2.45. The number of nitrogens with zero attached hydrogens (tertiary/aromatic N) is 1. The molecule has 1 amide bonds. The summed E-state index contributed by atoms with van der Waals surface area (Å²) in [6, 6.07) is 8.11. The first-order valence-electron chi connectivity index (χ1n) is 8.22. The van der Waals surface area contributed by atoms with Gasteiger partial charge in [-0.3, -0.25) is 4.79 Å². The molecular formula is C18H24N2O2. The Balaban J connectivity index is 1.56. The Morgan fingerprint density at radius 3 is 2.86 bits per heavy atom. The Labute approximate surface area is 132 Å². The van der Waals surface area contributed by atoms with Crippen molar-refractivity contribution < 1.29 is 9.53 Å². The Kier molecular flexibility index (Phi) is 4.78. The van der Waals surface area contributed by atoms with Crippen LogP contribution in [0.1, 0.15) is 31.7 Å². The normalized spacial score (nSPS) is 19.0. The fourth-order valence-corrected chi connectivity index (χ4v) is 3.14. The van der Waals surface area contributed by atoms with Crippen molar-refractivity contribution in [2.45, 2.75) is 32.2 Å². The molecule has 1 aromatic rings. The van der Waals surface area contributed by atoms with Crippen molar-refractivity contribution in [1.82, 2.24) is 10.2 Å². The molecule has 0 aromatic heterocycles. The summed E-state index contributed by atoms with van der Waals surface area (Å²) in [6.45, 7) is 5.89. The van der Waals surface area contributed by atoms with Crippen LogP contribution in [0.5, 0.6) is 5.75 Å². The summed E-state index contributed by atoms with van der Waals surface area (Å²) in [4.78, 5) is 14.9. The average Bonchev–Trinajstić information content (AvgIpc) is 2.56. The zero-order valence-corrected chi connectivity index (χ0v) is 13.2. The van der Waals surface area contributed by atoms with Crippen LogP contribution < -0.4 is 10.1 Å². The molecule has 4 nitrogen and oxygen atoms in total. The first kappa shape index (κ1) is 15.1. The van der Waals surface area contributed by atoms with E-state index in [9.17, 15) is 4.79 Å². The number of benzene rings is 1. The summed E-state index contributed by atoms with van der Waals surface area (Å²) in [5.41, 5.74) is 1.70. The SMILES string of the molecule is CCCN1CCC(NC(=O)C2=Cc3ccccc3OC2)CC1. The van der Waals surface area contributed by atoms with Crippen LogP contribution in [0.4, 0.5) is 0 Å². The summed E-state index contributed by atoms with van der Waals surface area (Å²) in [5, 5.41) is 3.17. The summed E-state index contributed by atoms with van der Waals surface area (Å²) in [6.07, 6.45) is 5.22. The van der Waals surface area contributed by atoms with E-state index in [4.69, 9.17) is 4.74 Å². The van der Waals surface area contributed by atoms with E-state index >= 15 is 0 Å². The third kappa shape index (κ3) is 3.50.